The molecule has 0 bridgehead atoms. The predicted molar refractivity (Wildman–Crippen MR) is 70.7 cm³/mol. The molecule has 0 unspecified atom stereocenters. The number of hydrogen-bond acceptors (Lipinski definition) is 3. The fourth-order valence-electron chi connectivity index (χ4n) is 1.87. The quantitative estimate of drug-likeness (QED) is 0.466. The summed E-state index contributed by atoms with van der Waals surface area (Å²) in [6, 6.07) is 6.55. The van der Waals surface area contributed by atoms with E-state index in [1.165, 1.54) is 12.3 Å². The van der Waals surface area contributed by atoms with Gasteiger partial charge in [0.1, 0.15) is 0 Å². The summed E-state index contributed by atoms with van der Waals surface area (Å²) in [5.74, 6) is 0.261. The normalized spacial score (nSPS) is 10.8. The zero-order valence-electron chi connectivity index (χ0n) is 9.52. The maximum atomic E-state index is 13.7. The van der Waals surface area contributed by atoms with Crippen molar-refractivity contribution in [2.24, 2.45) is 0 Å². The molecular weight excluding hydrogens is 461 g/mol. The van der Waals surface area contributed by atoms with Crippen molar-refractivity contribution in [3.8, 4) is 17.1 Å². The van der Waals surface area contributed by atoms with E-state index in [4.69, 9.17) is 14.3 Å². The van der Waals surface area contributed by atoms with E-state index in [9.17, 15) is 4.39 Å². The van der Waals surface area contributed by atoms with E-state index in [2.05, 4.69) is 15.0 Å². The average Bonchev–Trinajstić information content (AvgIpc) is 2.84. The topological polar surface area (TPSA) is 50.8 Å². The molecule has 3 aromatic rings. The fourth-order valence-corrected chi connectivity index (χ4v) is 2.68. The molecule has 0 aliphatic rings. The first-order valence-electron chi connectivity index (χ1n) is 5.36. The van der Waals surface area contributed by atoms with E-state index < -0.39 is 0 Å². The number of hydrogen-bond donors (Lipinski definition) is 1. The third kappa shape index (κ3) is 2.32. The molecule has 92 valence electrons. The van der Waals surface area contributed by atoms with Gasteiger partial charge in [-0.05, 0) is 0 Å². The Hall–Kier alpha value is -1.22. The predicted octanol–water partition coefficient (Wildman–Crippen LogP) is 2.88. The van der Waals surface area contributed by atoms with Crippen molar-refractivity contribution in [2.75, 3.05) is 0 Å². The van der Waals surface area contributed by atoms with Gasteiger partial charge in [-0.3, -0.25) is 0 Å². The van der Waals surface area contributed by atoms with Gasteiger partial charge in [0.2, 0.25) is 0 Å². The van der Waals surface area contributed by atoms with Gasteiger partial charge in [-0.15, -0.1) is 0 Å². The molecule has 0 atom stereocenters. The number of benzene rings is 1. The Morgan fingerprint density at radius 3 is 2.95 bits per heavy atom. The molecule has 3 rings (SSSR count). The first-order valence-corrected chi connectivity index (χ1v) is 7.57. The van der Waals surface area contributed by atoms with Crippen LogP contribution in [0.25, 0.3) is 22.3 Å². The van der Waals surface area contributed by atoms with Gasteiger partial charge in [0, 0.05) is 0 Å². The van der Waals surface area contributed by atoms with Crippen LogP contribution in [0.15, 0.2) is 30.5 Å². The molecule has 0 radical (unpaired) electrons. The second kappa shape index (κ2) is 5.05. The number of nitrogens with one attached hydrogen (secondary N) is 1. The van der Waals surface area contributed by atoms with E-state index in [1.54, 1.807) is 18.2 Å². The zero-order valence-corrected chi connectivity index (χ0v) is 14.8. The molecule has 0 amide bonds. The monoisotopic (exact) mass is 467 g/mol. The molecule has 7 heteroatoms. The number of halogens is 2. The molecule has 0 aliphatic carbocycles. The van der Waals surface area contributed by atoms with Crippen LogP contribution < -0.4 is 2.69 Å². The van der Waals surface area contributed by atoms with Crippen LogP contribution in [0.4, 0.5) is 4.39 Å². The van der Waals surface area contributed by atoms with Gasteiger partial charge in [-0.1, -0.05) is 0 Å². The van der Waals surface area contributed by atoms with Gasteiger partial charge >= 0.3 is 129 Å². The average molecular weight is 467 g/mol. The molecule has 2 heterocycles. The summed E-state index contributed by atoms with van der Waals surface area (Å²) in [6.45, 7) is 0. The minimum atomic E-state index is -0.282. The van der Waals surface area contributed by atoms with Gasteiger partial charge in [-0.2, -0.15) is 0 Å². The van der Waals surface area contributed by atoms with Crippen LogP contribution in [0.3, 0.4) is 0 Å². The van der Waals surface area contributed by atoms with E-state index in [0.29, 0.717) is 54.3 Å². The molecule has 0 saturated carbocycles. The number of nitrogens with zero attached hydrogens (tertiary/aromatic N) is 2. The Morgan fingerprint density at radius 1 is 1.37 bits per heavy atom. The second-order valence-corrected chi connectivity index (χ2v) is 5.11. The Kier molecular flexibility index (Phi) is 3.40. The number of H-pyrrole nitrogens is 1. The summed E-state index contributed by atoms with van der Waals surface area (Å²) in [7, 11) is 0. The van der Waals surface area contributed by atoms with Crippen molar-refractivity contribution < 1.29 is 7.08 Å². The van der Waals surface area contributed by atoms with Crippen molar-refractivity contribution in [3.05, 3.63) is 41.6 Å². The maximum absolute atomic E-state index is 13.7. The Labute approximate surface area is 129 Å². The zero-order chi connectivity index (χ0) is 13.4. The Morgan fingerprint density at radius 2 is 2.21 bits per heavy atom. The molecular formula is C12H6ClFN3OTl. The van der Waals surface area contributed by atoms with Crippen molar-refractivity contribution >= 4 is 48.7 Å². The summed E-state index contributed by atoms with van der Waals surface area (Å²) in [4.78, 5) is 11.1. The first kappa shape index (κ1) is 12.8. The van der Waals surface area contributed by atoms with E-state index in [1.807, 2.05) is 0 Å². The standard InChI is InChI=1S/C12H7ClFN3O.Tl/c13-12-15-5-10(18)11(17-12)9-4-6-7(14)2-1-3-8(6)16-9;/h1-5,16,18H;/q;+1/p-1. The van der Waals surface area contributed by atoms with Gasteiger partial charge < -0.3 is 0 Å². The number of rotatable bonds is 2. The van der Waals surface area contributed by atoms with Crippen LogP contribution in [0, 0.1) is 5.82 Å². The molecule has 0 fully saturated rings. The summed E-state index contributed by atoms with van der Waals surface area (Å²) < 4.78 is 19.0. The number of fused-ring (bicyclic) bond motifs is 1. The van der Waals surface area contributed by atoms with Crippen LogP contribution in [0.5, 0.6) is 5.75 Å². The molecule has 19 heavy (non-hydrogen) atoms. The molecule has 2 aromatic heterocycles. The fraction of sp³-hybridized carbons (Fsp3) is 0. The van der Waals surface area contributed by atoms with Gasteiger partial charge in [0.15, 0.2) is 0 Å². The van der Waals surface area contributed by atoms with Crippen LogP contribution >= 0.6 is 11.6 Å². The van der Waals surface area contributed by atoms with E-state index in [-0.39, 0.29) is 11.1 Å². The number of aromatic nitrogens is 3. The molecule has 1 aromatic carbocycles. The van der Waals surface area contributed by atoms with Crippen molar-refractivity contribution in [1.82, 2.24) is 15.0 Å². The third-order valence-corrected chi connectivity index (χ3v) is 3.89. The van der Waals surface area contributed by atoms with Crippen LogP contribution in [0.1, 0.15) is 0 Å². The summed E-state index contributed by atoms with van der Waals surface area (Å²) in [5.41, 5.74) is 1.89. The SMILES string of the molecule is Fc1cccc2[nH]c(-c3nc(Cl)ncc3[O][Tl])cc12. The Balaban J connectivity index is 2.24. The Bertz CT molecular complexity index is 762. The summed E-state index contributed by atoms with van der Waals surface area (Å²) in [5, 5.41) is 0.633. The molecule has 0 spiro atoms. The van der Waals surface area contributed by atoms with Crippen LogP contribution in [-0.4, -0.2) is 41.2 Å². The van der Waals surface area contributed by atoms with Crippen LogP contribution in [0.2, 0.25) is 5.28 Å². The van der Waals surface area contributed by atoms with Crippen molar-refractivity contribution in [2.45, 2.75) is 0 Å². The van der Waals surface area contributed by atoms with Gasteiger partial charge in [0.05, 0.1) is 0 Å². The van der Waals surface area contributed by atoms with Crippen LogP contribution in [-0.2, 0) is 0 Å². The van der Waals surface area contributed by atoms with E-state index in [0.717, 1.165) is 0 Å². The first-order chi connectivity index (χ1) is 9.19. The minimum absolute atomic E-state index is 0.125. The molecule has 0 aliphatic heterocycles. The second-order valence-electron chi connectivity index (χ2n) is 3.85. The summed E-state index contributed by atoms with van der Waals surface area (Å²) >= 11 is 6.10. The third-order valence-electron chi connectivity index (χ3n) is 2.72. The van der Waals surface area contributed by atoms with Crippen molar-refractivity contribution in [3.63, 3.8) is 0 Å². The number of aromatic amines is 1. The molecule has 4 nitrogen and oxygen atoms in total. The molecule has 1 N–H and O–H groups in total. The summed E-state index contributed by atoms with van der Waals surface area (Å²) in [6.07, 6.45) is 1.52. The molecule has 0 saturated heterocycles. The van der Waals surface area contributed by atoms with Gasteiger partial charge in [-0.25, -0.2) is 0 Å². The van der Waals surface area contributed by atoms with E-state index >= 15 is 0 Å². The van der Waals surface area contributed by atoms with Crippen molar-refractivity contribution in [1.29, 1.82) is 0 Å². The van der Waals surface area contributed by atoms with Gasteiger partial charge in [0.25, 0.3) is 0 Å².